The number of benzene rings is 2. The third kappa shape index (κ3) is 4.94. The Morgan fingerprint density at radius 2 is 1.69 bits per heavy atom. The second-order valence-corrected chi connectivity index (χ2v) is 9.51. The standard InChI is InChI=1S/C27H29NO3S/c1-3-31-27(30)25-21-15-14-18(2)16-23(21)32-26(25)28-24(29)17-22(19-10-6-4-7-11-19)20-12-8-5-9-13-20/h4-13,18,22H,3,14-17H2,1-2H3,(H,28,29)/t18-/m0/s1. The monoisotopic (exact) mass is 447 g/mol. The molecule has 1 aromatic heterocycles. The molecule has 1 amide bonds. The van der Waals surface area contributed by atoms with Crippen LogP contribution < -0.4 is 5.32 Å². The summed E-state index contributed by atoms with van der Waals surface area (Å²) in [5.74, 6) is 0.0933. The molecule has 0 bridgehead atoms. The summed E-state index contributed by atoms with van der Waals surface area (Å²) in [7, 11) is 0. The normalized spacial score (nSPS) is 15.3. The van der Waals surface area contributed by atoms with Gasteiger partial charge in [0.25, 0.3) is 0 Å². The highest BCUT2D eigenvalue weighted by molar-refractivity contribution is 7.17. The van der Waals surface area contributed by atoms with Crippen molar-refractivity contribution in [2.75, 3.05) is 11.9 Å². The number of anilines is 1. The van der Waals surface area contributed by atoms with Crippen LogP contribution in [0.2, 0.25) is 0 Å². The highest BCUT2D eigenvalue weighted by Gasteiger charge is 2.29. The molecule has 1 heterocycles. The maximum absolute atomic E-state index is 13.2. The largest absolute Gasteiger partial charge is 0.462 e. The Labute approximate surface area is 193 Å². The number of carbonyl (C=O) groups is 2. The van der Waals surface area contributed by atoms with Crippen LogP contribution in [0.3, 0.4) is 0 Å². The first kappa shape index (κ1) is 22.3. The number of carbonyl (C=O) groups excluding carboxylic acids is 2. The molecule has 0 spiro atoms. The summed E-state index contributed by atoms with van der Waals surface area (Å²) in [4.78, 5) is 27.2. The van der Waals surface area contributed by atoms with Gasteiger partial charge in [0.05, 0.1) is 12.2 Å². The highest BCUT2D eigenvalue weighted by atomic mass is 32.1. The van der Waals surface area contributed by atoms with Crippen LogP contribution in [0, 0.1) is 5.92 Å². The molecule has 0 unspecified atom stereocenters. The first-order valence-electron chi connectivity index (χ1n) is 11.3. The molecule has 5 heteroatoms. The van der Waals surface area contributed by atoms with Crippen molar-refractivity contribution in [1.82, 2.24) is 0 Å². The van der Waals surface area contributed by atoms with Gasteiger partial charge in [-0.25, -0.2) is 4.79 Å². The fourth-order valence-electron chi connectivity index (χ4n) is 4.42. The van der Waals surface area contributed by atoms with Crippen LogP contribution in [0.1, 0.15) is 64.5 Å². The van der Waals surface area contributed by atoms with E-state index in [1.54, 1.807) is 6.92 Å². The van der Waals surface area contributed by atoms with Crippen molar-refractivity contribution >= 4 is 28.2 Å². The van der Waals surface area contributed by atoms with Gasteiger partial charge in [-0.05, 0) is 48.8 Å². The lowest BCUT2D eigenvalue weighted by Gasteiger charge is -2.18. The molecule has 166 valence electrons. The van der Waals surface area contributed by atoms with Crippen molar-refractivity contribution in [1.29, 1.82) is 0 Å². The number of amides is 1. The topological polar surface area (TPSA) is 55.4 Å². The Kier molecular flexibility index (Phi) is 7.05. The van der Waals surface area contributed by atoms with Crippen molar-refractivity contribution < 1.29 is 14.3 Å². The molecule has 1 atom stereocenters. The van der Waals surface area contributed by atoms with E-state index in [0.29, 0.717) is 29.5 Å². The first-order valence-corrected chi connectivity index (χ1v) is 12.1. The lowest BCUT2D eigenvalue weighted by molar-refractivity contribution is -0.116. The van der Waals surface area contributed by atoms with Gasteiger partial charge >= 0.3 is 5.97 Å². The molecule has 32 heavy (non-hydrogen) atoms. The van der Waals surface area contributed by atoms with E-state index in [9.17, 15) is 9.59 Å². The number of esters is 1. The van der Waals surface area contributed by atoms with Crippen LogP contribution in [0.5, 0.6) is 0 Å². The molecule has 1 aliphatic carbocycles. The molecular formula is C27H29NO3S. The van der Waals surface area contributed by atoms with Crippen LogP contribution >= 0.6 is 11.3 Å². The predicted octanol–water partition coefficient (Wildman–Crippen LogP) is 6.21. The van der Waals surface area contributed by atoms with Gasteiger partial charge in [-0.1, -0.05) is 67.6 Å². The van der Waals surface area contributed by atoms with Crippen LogP contribution in [-0.4, -0.2) is 18.5 Å². The van der Waals surface area contributed by atoms with Gasteiger partial charge in [-0.3, -0.25) is 4.79 Å². The molecule has 1 N–H and O–H groups in total. The van der Waals surface area contributed by atoms with Gasteiger partial charge in [-0.15, -0.1) is 11.3 Å². The molecule has 0 aliphatic heterocycles. The minimum absolute atomic E-state index is 0.0574. The second-order valence-electron chi connectivity index (χ2n) is 8.40. The SMILES string of the molecule is CCOC(=O)c1c(NC(=O)CC(c2ccccc2)c2ccccc2)sc2c1CC[C@H](C)C2. The third-order valence-corrected chi connectivity index (χ3v) is 7.21. The van der Waals surface area contributed by atoms with Crippen molar-refractivity contribution in [3.63, 3.8) is 0 Å². The van der Waals surface area contributed by atoms with Crippen molar-refractivity contribution in [2.45, 2.75) is 45.4 Å². The minimum atomic E-state index is -0.336. The Morgan fingerprint density at radius 1 is 1.06 bits per heavy atom. The maximum Gasteiger partial charge on any atom is 0.341 e. The van der Waals surface area contributed by atoms with Crippen molar-refractivity contribution in [2.24, 2.45) is 5.92 Å². The van der Waals surface area contributed by atoms with Gasteiger partial charge < -0.3 is 10.1 Å². The van der Waals surface area contributed by atoms with Crippen molar-refractivity contribution in [3.8, 4) is 0 Å². The third-order valence-electron chi connectivity index (χ3n) is 6.04. The number of rotatable bonds is 7. The van der Waals surface area contributed by atoms with Crippen LogP contribution in [0.4, 0.5) is 5.00 Å². The summed E-state index contributed by atoms with van der Waals surface area (Å²) in [5, 5.41) is 3.70. The van der Waals surface area contributed by atoms with Gasteiger partial charge in [-0.2, -0.15) is 0 Å². The molecule has 3 aromatic rings. The minimum Gasteiger partial charge on any atom is -0.462 e. The average Bonchev–Trinajstić information content (AvgIpc) is 3.15. The number of hydrogen-bond acceptors (Lipinski definition) is 4. The Balaban J connectivity index is 1.61. The fraction of sp³-hybridized carbons (Fsp3) is 0.333. The van der Waals surface area contributed by atoms with E-state index in [1.165, 1.54) is 16.2 Å². The van der Waals surface area contributed by atoms with E-state index in [1.807, 2.05) is 36.4 Å². The summed E-state index contributed by atoms with van der Waals surface area (Å²) in [6.07, 6.45) is 3.15. The van der Waals surface area contributed by atoms with Gasteiger partial charge in [0.2, 0.25) is 5.91 Å². The van der Waals surface area contributed by atoms with Crippen molar-refractivity contribution in [3.05, 3.63) is 87.8 Å². The molecule has 4 nitrogen and oxygen atoms in total. The van der Waals surface area contributed by atoms with E-state index in [-0.39, 0.29) is 17.8 Å². The van der Waals surface area contributed by atoms with Gasteiger partial charge in [0.1, 0.15) is 5.00 Å². The molecule has 0 fully saturated rings. The smallest absolute Gasteiger partial charge is 0.341 e. The highest BCUT2D eigenvalue weighted by Crippen LogP contribution is 2.40. The lowest BCUT2D eigenvalue weighted by atomic mass is 9.88. The summed E-state index contributed by atoms with van der Waals surface area (Å²) >= 11 is 1.53. The van der Waals surface area contributed by atoms with Crippen LogP contribution in [0.15, 0.2) is 60.7 Å². The van der Waals surface area contributed by atoms with E-state index < -0.39 is 0 Å². The zero-order chi connectivity index (χ0) is 22.5. The quantitative estimate of drug-likeness (QED) is 0.438. The van der Waals surface area contributed by atoms with E-state index in [0.717, 1.165) is 36.0 Å². The molecule has 4 rings (SSSR count). The first-order chi connectivity index (χ1) is 15.6. The van der Waals surface area contributed by atoms with E-state index >= 15 is 0 Å². The fourth-order valence-corrected chi connectivity index (χ4v) is 5.83. The average molecular weight is 448 g/mol. The summed E-state index contributed by atoms with van der Waals surface area (Å²) in [6, 6.07) is 20.2. The zero-order valence-corrected chi connectivity index (χ0v) is 19.4. The van der Waals surface area contributed by atoms with E-state index in [4.69, 9.17) is 4.74 Å². The molecule has 0 saturated heterocycles. The molecule has 2 aromatic carbocycles. The summed E-state index contributed by atoms with van der Waals surface area (Å²) in [6.45, 7) is 4.36. The Hall–Kier alpha value is -2.92. The van der Waals surface area contributed by atoms with Gasteiger partial charge in [0, 0.05) is 17.2 Å². The number of ether oxygens (including phenoxy) is 1. The molecule has 0 saturated carbocycles. The van der Waals surface area contributed by atoms with Crippen LogP contribution in [0.25, 0.3) is 0 Å². The van der Waals surface area contributed by atoms with Crippen LogP contribution in [-0.2, 0) is 22.4 Å². The second kappa shape index (κ2) is 10.1. The summed E-state index contributed by atoms with van der Waals surface area (Å²) < 4.78 is 5.34. The number of fused-ring (bicyclic) bond motifs is 1. The molecule has 1 aliphatic rings. The maximum atomic E-state index is 13.2. The lowest BCUT2D eigenvalue weighted by Crippen LogP contribution is -2.18. The number of thiophene rings is 1. The predicted molar refractivity (Wildman–Crippen MR) is 129 cm³/mol. The summed E-state index contributed by atoms with van der Waals surface area (Å²) in [5.41, 5.74) is 3.81. The Bertz CT molecular complexity index is 1040. The Morgan fingerprint density at radius 3 is 2.28 bits per heavy atom. The number of nitrogens with one attached hydrogen (secondary N) is 1. The molecular weight excluding hydrogens is 418 g/mol. The molecule has 0 radical (unpaired) electrons. The van der Waals surface area contributed by atoms with E-state index in [2.05, 4.69) is 36.5 Å². The van der Waals surface area contributed by atoms with Gasteiger partial charge in [0.15, 0.2) is 0 Å². The number of hydrogen-bond donors (Lipinski definition) is 1. The zero-order valence-electron chi connectivity index (χ0n) is 18.6.